The van der Waals surface area contributed by atoms with Crippen molar-refractivity contribution in [2.75, 3.05) is 18.9 Å². The van der Waals surface area contributed by atoms with Crippen molar-refractivity contribution < 1.29 is 4.79 Å². The van der Waals surface area contributed by atoms with Crippen LogP contribution in [-0.2, 0) is 6.42 Å². The zero-order valence-electron chi connectivity index (χ0n) is 12.1. The second-order valence-electron chi connectivity index (χ2n) is 4.73. The summed E-state index contributed by atoms with van der Waals surface area (Å²) in [6, 6.07) is 9.79. The summed E-state index contributed by atoms with van der Waals surface area (Å²) in [5, 5.41) is 6.13. The Hall–Kier alpha value is -2.07. The Balaban J connectivity index is 1.98. The van der Waals surface area contributed by atoms with Gasteiger partial charge in [-0.3, -0.25) is 4.79 Å². The third kappa shape index (κ3) is 3.95. The van der Waals surface area contributed by atoms with E-state index >= 15 is 0 Å². The lowest BCUT2D eigenvalue weighted by Gasteiger charge is -2.09. The molecule has 2 rings (SSSR count). The van der Waals surface area contributed by atoms with E-state index in [1.165, 1.54) is 17.3 Å². The van der Waals surface area contributed by atoms with E-state index in [9.17, 15) is 4.79 Å². The smallest absolute Gasteiger partial charge is 0.253 e. The van der Waals surface area contributed by atoms with Crippen molar-refractivity contribution in [2.45, 2.75) is 13.3 Å². The van der Waals surface area contributed by atoms with Gasteiger partial charge in [0.1, 0.15) is 5.82 Å². The molecule has 0 aliphatic carbocycles. The Morgan fingerprint density at radius 1 is 1.33 bits per heavy atom. The van der Waals surface area contributed by atoms with Gasteiger partial charge in [0.25, 0.3) is 5.91 Å². The molecular weight excluding hydrogens is 286 g/mol. The van der Waals surface area contributed by atoms with Crippen LogP contribution in [0.1, 0.15) is 21.5 Å². The molecule has 0 saturated carbocycles. The van der Waals surface area contributed by atoms with Gasteiger partial charge in [0.2, 0.25) is 0 Å². The van der Waals surface area contributed by atoms with Crippen molar-refractivity contribution in [1.29, 1.82) is 0 Å². The number of halogens is 1. The lowest BCUT2D eigenvalue weighted by Crippen LogP contribution is -2.26. The number of carbonyl (C=O) groups excluding carboxylic acids is 1. The van der Waals surface area contributed by atoms with Gasteiger partial charge in [-0.1, -0.05) is 35.9 Å². The Morgan fingerprint density at radius 2 is 2.10 bits per heavy atom. The Morgan fingerprint density at radius 3 is 2.81 bits per heavy atom. The van der Waals surface area contributed by atoms with Gasteiger partial charge in [-0.05, 0) is 30.5 Å². The third-order valence-electron chi connectivity index (χ3n) is 3.30. The van der Waals surface area contributed by atoms with Crippen molar-refractivity contribution in [3.8, 4) is 0 Å². The normalized spacial score (nSPS) is 10.2. The fraction of sp³-hybridized carbons (Fsp3) is 0.250. The van der Waals surface area contributed by atoms with Crippen molar-refractivity contribution in [1.82, 2.24) is 10.3 Å². The number of amides is 1. The highest BCUT2D eigenvalue weighted by Crippen LogP contribution is 2.17. The summed E-state index contributed by atoms with van der Waals surface area (Å²) < 4.78 is 0. The van der Waals surface area contributed by atoms with Crippen LogP contribution in [0.2, 0.25) is 5.02 Å². The number of aromatic nitrogens is 1. The van der Waals surface area contributed by atoms with Crippen LogP contribution >= 0.6 is 11.6 Å². The maximum atomic E-state index is 12.2. The van der Waals surface area contributed by atoms with Gasteiger partial charge in [-0.25, -0.2) is 4.98 Å². The largest absolute Gasteiger partial charge is 0.373 e. The summed E-state index contributed by atoms with van der Waals surface area (Å²) in [6.07, 6.45) is 2.27. The van der Waals surface area contributed by atoms with Gasteiger partial charge < -0.3 is 10.6 Å². The molecule has 0 spiro atoms. The van der Waals surface area contributed by atoms with Gasteiger partial charge >= 0.3 is 0 Å². The Kier molecular flexibility index (Phi) is 5.17. The van der Waals surface area contributed by atoms with Gasteiger partial charge in [0, 0.05) is 19.8 Å². The molecule has 5 heteroatoms. The first-order valence-electron chi connectivity index (χ1n) is 6.78. The van der Waals surface area contributed by atoms with Crippen molar-refractivity contribution in [2.24, 2.45) is 0 Å². The molecule has 2 N–H and O–H groups in total. The van der Waals surface area contributed by atoms with E-state index in [2.05, 4.69) is 34.7 Å². The van der Waals surface area contributed by atoms with E-state index in [-0.39, 0.29) is 5.91 Å². The van der Waals surface area contributed by atoms with E-state index < -0.39 is 0 Å². The van der Waals surface area contributed by atoms with Gasteiger partial charge in [-0.15, -0.1) is 0 Å². The van der Waals surface area contributed by atoms with E-state index in [0.29, 0.717) is 22.9 Å². The lowest BCUT2D eigenvalue weighted by atomic mass is 10.1. The minimum absolute atomic E-state index is 0.188. The molecule has 0 radical (unpaired) electrons. The summed E-state index contributed by atoms with van der Waals surface area (Å²) in [6.45, 7) is 2.63. The molecule has 0 saturated heterocycles. The van der Waals surface area contributed by atoms with Crippen molar-refractivity contribution >= 4 is 23.3 Å². The summed E-state index contributed by atoms with van der Waals surface area (Å²) in [7, 11) is 1.75. The number of hydrogen-bond donors (Lipinski definition) is 2. The van der Waals surface area contributed by atoms with E-state index in [0.717, 1.165) is 6.42 Å². The predicted molar refractivity (Wildman–Crippen MR) is 86.0 cm³/mol. The molecule has 0 aliphatic heterocycles. The van der Waals surface area contributed by atoms with Crippen LogP contribution in [0.15, 0.2) is 36.5 Å². The van der Waals surface area contributed by atoms with Crippen molar-refractivity contribution in [3.63, 3.8) is 0 Å². The molecule has 0 fully saturated rings. The van der Waals surface area contributed by atoms with E-state index in [1.807, 2.05) is 12.1 Å². The molecule has 1 aromatic carbocycles. The van der Waals surface area contributed by atoms with Crippen LogP contribution in [0.3, 0.4) is 0 Å². The van der Waals surface area contributed by atoms with Crippen LogP contribution in [0.5, 0.6) is 0 Å². The molecule has 0 unspecified atom stereocenters. The van der Waals surface area contributed by atoms with Crippen LogP contribution in [0.4, 0.5) is 5.82 Å². The van der Waals surface area contributed by atoms with Crippen molar-refractivity contribution in [3.05, 3.63) is 58.2 Å². The zero-order valence-corrected chi connectivity index (χ0v) is 12.9. The number of rotatable bonds is 5. The lowest BCUT2D eigenvalue weighted by molar-refractivity contribution is 0.0954. The van der Waals surface area contributed by atoms with E-state index in [1.54, 1.807) is 13.1 Å². The standard InChI is InChI=1S/C16H18ClN3O/c1-11-5-3-4-6-12(11)7-8-19-16(21)13-9-15(18-2)20-10-14(13)17/h3-6,9-10H,7-8H2,1-2H3,(H,18,20)(H,19,21). The fourth-order valence-corrected chi connectivity index (χ4v) is 2.24. The number of pyridine rings is 1. The van der Waals surface area contributed by atoms with Gasteiger partial charge in [0.05, 0.1) is 10.6 Å². The van der Waals surface area contributed by atoms with Crippen LogP contribution in [-0.4, -0.2) is 24.5 Å². The number of nitrogens with zero attached hydrogens (tertiary/aromatic N) is 1. The number of aryl methyl sites for hydroxylation is 1. The SMILES string of the molecule is CNc1cc(C(=O)NCCc2ccccc2C)c(Cl)cn1. The molecule has 4 nitrogen and oxygen atoms in total. The first-order valence-corrected chi connectivity index (χ1v) is 7.15. The molecule has 110 valence electrons. The topological polar surface area (TPSA) is 54.0 Å². The minimum atomic E-state index is -0.188. The molecule has 21 heavy (non-hydrogen) atoms. The maximum Gasteiger partial charge on any atom is 0.253 e. The van der Waals surface area contributed by atoms with Crippen LogP contribution < -0.4 is 10.6 Å². The second-order valence-corrected chi connectivity index (χ2v) is 5.14. The van der Waals surface area contributed by atoms with E-state index in [4.69, 9.17) is 11.6 Å². The van der Waals surface area contributed by atoms with Crippen LogP contribution in [0, 0.1) is 6.92 Å². The summed E-state index contributed by atoms with van der Waals surface area (Å²) >= 11 is 6.02. The maximum absolute atomic E-state index is 12.2. The Labute approximate surface area is 129 Å². The highest BCUT2D eigenvalue weighted by Gasteiger charge is 2.11. The molecule has 1 amide bonds. The first-order chi connectivity index (χ1) is 10.1. The number of nitrogens with one attached hydrogen (secondary N) is 2. The summed E-state index contributed by atoms with van der Waals surface area (Å²) in [5.74, 6) is 0.427. The zero-order chi connectivity index (χ0) is 15.2. The predicted octanol–water partition coefficient (Wildman–Crippen LogP) is 3.06. The fourth-order valence-electron chi connectivity index (χ4n) is 2.05. The number of hydrogen-bond acceptors (Lipinski definition) is 3. The molecule has 1 heterocycles. The number of carbonyl (C=O) groups is 1. The molecule has 0 aliphatic rings. The third-order valence-corrected chi connectivity index (χ3v) is 3.60. The molecular formula is C16H18ClN3O. The average Bonchev–Trinajstić information content (AvgIpc) is 2.49. The highest BCUT2D eigenvalue weighted by atomic mass is 35.5. The Bertz CT molecular complexity index is 643. The van der Waals surface area contributed by atoms with Gasteiger partial charge in [-0.2, -0.15) is 0 Å². The first kappa shape index (κ1) is 15.3. The molecule has 1 aromatic heterocycles. The monoisotopic (exact) mass is 303 g/mol. The second kappa shape index (κ2) is 7.09. The number of benzene rings is 1. The summed E-state index contributed by atoms with van der Waals surface area (Å²) in [5.41, 5.74) is 2.89. The molecule has 0 bridgehead atoms. The minimum Gasteiger partial charge on any atom is -0.373 e. The molecule has 2 aromatic rings. The summed E-state index contributed by atoms with van der Waals surface area (Å²) in [4.78, 5) is 16.2. The van der Waals surface area contributed by atoms with Crippen LogP contribution in [0.25, 0.3) is 0 Å². The number of anilines is 1. The van der Waals surface area contributed by atoms with Gasteiger partial charge in [0.15, 0.2) is 0 Å². The average molecular weight is 304 g/mol. The molecule has 0 atom stereocenters. The quantitative estimate of drug-likeness (QED) is 0.892. The highest BCUT2D eigenvalue weighted by molar-refractivity contribution is 6.33.